The molecule has 0 spiro atoms. The predicted octanol–water partition coefficient (Wildman–Crippen LogP) is 2.77. The van der Waals surface area contributed by atoms with Crippen molar-refractivity contribution in [2.24, 2.45) is 11.7 Å². The number of piperidine rings is 1. The summed E-state index contributed by atoms with van der Waals surface area (Å²) in [5, 5.41) is 0. The molecule has 2 heterocycles. The second-order valence-electron chi connectivity index (χ2n) is 7.73. The van der Waals surface area contributed by atoms with Crippen LogP contribution in [0.2, 0.25) is 0 Å². The molecule has 5 nitrogen and oxygen atoms in total. The van der Waals surface area contributed by atoms with E-state index in [1.807, 2.05) is 24.0 Å². The summed E-state index contributed by atoms with van der Waals surface area (Å²) in [5.41, 5.74) is 6.96. The summed E-state index contributed by atoms with van der Waals surface area (Å²) in [6.07, 6.45) is 2.07. The SMILES string of the molecule is CC1CCN(C(=O)C(C)N2CCN(c3ccc(F)cc3)CC2)C(CN)C1.Cl.Cl. The molecule has 2 N–H and O–H groups in total. The third kappa shape index (κ3) is 5.72. The molecule has 2 aliphatic heterocycles. The molecule has 1 amide bonds. The zero-order valence-electron chi connectivity index (χ0n) is 16.7. The van der Waals surface area contributed by atoms with Gasteiger partial charge < -0.3 is 15.5 Å². The van der Waals surface area contributed by atoms with Gasteiger partial charge in [0, 0.05) is 51.0 Å². The van der Waals surface area contributed by atoms with E-state index >= 15 is 0 Å². The van der Waals surface area contributed by atoms with Crippen molar-refractivity contribution in [3.63, 3.8) is 0 Å². The van der Waals surface area contributed by atoms with Gasteiger partial charge in [0.25, 0.3) is 0 Å². The Morgan fingerprint density at radius 2 is 1.75 bits per heavy atom. The van der Waals surface area contributed by atoms with E-state index in [0.717, 1.165) is 51.3 Å². The van der Waals surface area contributed by atoms with Crippen LogP contribution >= 0.6 is 24.8 Å². The first-order valence-corrected chi connectivity index (χ1v) is 9.74. The summed E-state index contributed by atoms with van der Waals surface area (Å²) < 4.78 is 13.1. The third-order valence-electron chi connectivity index (χ3n) is 5.94. The Morgan fingerprint density at radius 3 is 2.32 bits per heavy atom. The molecular formula is C20H33Cl2FN4O. The molecular weight excluding hydrogens is 402 g/mol. The normalized spacial score (nSPS) is 24.1. The van der Waals surface area contributed by atoms with Crippen LogP contribution < -0.4 is 10.6 Å². The Kier molecular flexibility index (Phi) is 9.98. The number of nitrogens with zero attached hydrogens (tertiary/aromatic N) is 3. The highest BCUT2D eigenvalue weighted by Crippen LogP contribution is 2.24. The van der Waals surface area contributed by atoms with Crippen LogP contribution in [-0.2, 0) is 4.79 Å². The molecule has 3 rings (SSSR count). The van der Waals surface area contributed by atoms with Crippen molar-refractivity contribution in [1.82, 2.24) is 9.80 Å². The van der Waals surface area contributed by atoms with Crippen molar-refractivity contribution >= 4 is 36.4 Å². The lowest BCUT2D eigenvalue weighted by Crippen LogP contribution is -2.58. The van der Waals surface area contributed by atoms with E-state index in [1.165, 1.54) is 12.1 Å². The van der Waals surface area contributed by atoms with Crippen molar-refractivity contribution in [3.8, 4) is 0 Å². The minimum Gasteiger partial charge on any atom is -0.369 e. The first-order chi connectivity index (χ1) is 12.5. The lowest BCUT2D eigenvalue weighted by atomic mass is 9.92. The van der Waals surface area contributed by atoms with Gasteiger partial charge in [-0.2, -0.15) is 0 Å². The van der Waals surface area contributed by atoms with Crippen LogP contribution in [0.4, 0.5) is 10.1 Å². The van der Waals surface area contributed by atoms with Gasteiger partial charge in [0.15, 0.2) is 0 Å². The number of likely N-dealkylation sites (tertiary alicyclic amines) is 1. The monoisotopic (exact) mass is 434 g/mol. The largest absolute Gasteiger partial charge is 0.369 e. The van der Waals surface area contributed by atoms with Crippen LogP contribution in [0.15, 0.2) is 24.3 Å². The summed E-state index contributed by atoms with van der Waals surface area (Å²) in [6.45, 7) is 8.98. The summed E-state index contributed by atoms with van der Waals surface area (Å²) >= 11 is 0. The molecule has 0 bridgehead atoms. The number of carbonyl (C=O) groups excluding carboxylic acids is 1. The summed E-state index contributed by atoms with van der Waals surface area (Å²) in [7, 11) is 0. The Morgan fingerprint density at radius 1 is 1.14 bits per heavy atom. The number of halogens is 3. The molecule has 2 fully saturated rings. The summed E-state index contributed by atoms with van der Waals surface area (Å²) in [4.78, 5) is 19.6. The standard InChI is InChI=1S/C20H31FN4O.2ClH/c1-15-7-8-25(19(13-15)14-22)20(26)16(2)23-9-11-24(12-10-23)18-5-3-17(21)4-6-18;;/h3-6,15-16,19H,7-14,22H2,1-2H3;2*1H. The van der Waals surface area contributed by atoms with Crippen LogP contribution in [0.25, 0.3) is 0 Å². The van der Waals surface area contributed by atoms with Gasteiger partial charge in [-0.15, -0.1) is 24.8 Å². The van der Waals surface area contributed by atoms with E-state index in [4.69, 9.17) is 5.73 Å². The first-order valence-electron chi connectivity index (χ1n) is 9.74. The van der Waals surface area contributed by atoms with E-state index in [1.54, 1.807) is 0 Å². The number of piperazine rings is 1. The van der Waals surface area contributed by atoms with Crippen LogP contribution in [-0.4, -0.2) is 67.1 Å². The maximum Gasteiger partial charge on any atom is 0.239 e. The fraction of sp³-hybridized carbons (Fsp3) is 0.650. The smallest absolute Gasteiger partial charge is 0.239 e. The van der Waals surface area contributed by atoms with Gasteiger partial charge in [0.1, 0.15) is 5.82 Å². The average molecular weight is 435 g/mol. The van der Waals surface area contributed by atoms with E-state index in [0.29, 0.717) is 12.5 Å². The lowest BCUT2D eigenvalue weighted by Gasteiger charge is -2.43. The summed E-state index contributed by atoms with van der Waals surface area (Å²) in [6, 6.07) is 6.69. The van der Waals surface area contributed by atoms with Crippen molar-refractivity contribution in [1.29, 1.82) is 0 Å². The van der Waals surface area contributed by atoms with Gasteiger partial charge in [-0.05, 0) is 49.9 Å². The van der Waals surface area contributed by atoms with Crippen molar-refractivity contribution in [2.75, 3.05) is 44.2 Å². The molecule has 0 saturated carbocycles. The number of nitrogens with two attached hydrogens (primary N) is 1. The average Bonchev–Trinajstić information content (AvgIpc) is 2.67. The van der Waals surface area contributed by atoms with E-state index in [-0.39, 0.29) is 48.6 Å². The molecule has 0 aromatic heterocycles. The lowest BCUT2D eigenvalue weighted by molar-refractivity contribution is -0.140. The van der Waals surface area contributed by atoms with E-state index < -0.39 is 0 Å². The molecule has 2 saturated heterocycles. The van der Waals surface area contributed by atoms with Crippen molar-refractivity contribution in [3.05, 3.63) is 30.1 Å². The Hall–Kier alpha value is -1.08. The third-order valence-corrected chi connectivity index (χ3v) is 5.94. The number of rotatable bonds is 4. The quantitative estimate of drug-likeness (QED) is 0.791. The van der Waals surface area contributed by atoms with Crippen LogP contribution in [0.3, 0.4) is 0 Å². The van der Waals surface area contributed by atoms with Gasteiger partial charge in [-0.3, -0.25) is 9.69 Å². The first kappa shape index (κ1) is 25.0. The number of hydrogen-bond acceptors (Lipinski definition) is 4. The van der Waals surface area contributed by atoms with Crippen LogP contribution in [0, 0.1) is 11.7 Å². The molecule has 2 aliphatic rings. The predicted molar refractivity (Wildman–Crippen MR) is 117 cm³/mol. The van der Waals surface area contributed by atoms with Crippen LogP contribution in [0.1, 0.15) is 26.7 Å². The molecule has 0 radical (unpaired) electrons. The maximum atomic E-state index is 13.1. The Balaban J connectivity index is 0.00000196. The molecule has 3 atom stereocenters. The topological polar surface area (TPSA) is 52.8 Å². The molecule has 1 aromatic carbocycles. The van der Waals surface area contributed by atoms with Gasteiger partial charge in [0.05, 0.1) is 6.04 Å². The second kappa shape index (κ2) is 11.2. The second-order valence-corrected chi connectivity index (χ2v) is 7.73. The number of benzene rings is 1. The molecule has 28 heavy (non-hydrogen) atoms. The Labute approximate surface area is 180 Å². The van der Waals surface area contributed by atoms with E-state index in [9.17, 15) is 9.18 Å². The number of carbonyl (C=O) groups is 1. The van der Waals surface area contributed by atoms with Gasteiger partial charge in [-0.25, -0.2) is 4.39 Å². The number of anilines is 1. The highest BCUT2D eigenvalue weighted by molar-refractivity contribution is 5.85. The highest BCUT2D eigenvalue weighted by atomic mass is 35.5. The minimum atomic E-state index is -0.211. The van der Waals surface area contributed by atoms with Crippen LogP contribution in [0.5, 0.6) is 0 Å². The maximum absolute atomic E-state index is 13.1. The summed E-state index contributed by atoms with van der Waals surface area (Å²) in [5.74, 6) is 0.640. The fourth-order valence-corrected chi connectivity index (χ4v) is 4.18. The zero-order chi connectivity index (χ0) is 18.7. The van der Waals surface area contributed by atoms with Crippen molar-refractivity contribution in [2.45, 2.75) is 38.8 Å². The van der Waals surface area contributed by atoms with Gasteiger partial charge in [0.2, 0.25) is 5.91 Å². The molecule has 0 aliphatic carbocycles. The molecule has 3 unspecified atom stereocenters. The van der Waals surface area contributed by atoms with Crippen molar-refractivity contribution < 1.29 is 9.18 Å². The highest BCUT2D eigenvalue weighted by Gasteiger charge is 2.34. The van der Waals surface area contributed by atoms with Gasteiger partial charge >= 0.3 is 0 Å². The minimum absolute atomic E-state index is 0. The Bertz CT molecular complexity index is 611. The fourth-order valence-electron chi connectivity index (χ4n) is 4.18. The zero-order valence-corrected chi connectivity index (χ0v) is 18.4. The van der Waals surface area contributed by atoms with Gasteiger partial charge in [-0.1, -0.05) is 6.92 Å². The number of hydrogen-bond donors (Lipinski definition) is 1. The molecule has 8 heteroatoms. The molecule has 1 aromatic rings. The molecule has 160 valence electrons. The van der Waals surface area contributed by atoms with E-state index in [2.05, 4.69) is 16.7 Å². The number of amides is 1.